The lowest BCUT2D eigenvalue weighted by Gasteiger charge is -2.41. The Labute approximate surface area is 169 Å². The zero-order valence-corrected chi connectivity index (χ0v) is 17.6. The standard InChI is InChI=1S/C21H27N3OS2/c1-13-22-20(19-16-7-4-8-17(16)27-21(19)23-13)26-12-18(25)24-10-9-14-5-2-3-6-15(14)11-24/h14-15H,2-12H2,1H3/t14-,15-/m1/s1. The third-order valence-electron chi connectivity index (χ3n) is 6.62. The summed E-state index contributed by atoms with van der Waals surface area (Å²) in [6.45, 7) is 3.90. The summed E-state index contributed by atoms with van der Waals surface area (Å²) in [6, 6.07) is 0. The predicted octanol–water partition coefficient (Wildman–Crippen LogP) is 4.62. The molecule has 144 valence electrons. The lowest BCUT2D eigenvalue weighted by atomic mass is 9.75. The first-order valence-electron chi connectivity index (χ1n) is 10.4. The van der Waals surface area contributed by atoms with Crippen LogP contribution in [0.4, 0.5) is 0 Å². The Hall–Kier alpha value is -1.14. The molecule has 4 nitrogen and oxygen atoms in total. The van der Waals surface area contributed by atoms with E-state index in [1.54, 1.807) is 11.8 Å². The van der Waals surface area contributed by atoms with Crippen molar-refractivity contribution in [2.24, 2.45) is 11.8 Å². The second-order valence-electron chi connectivity index (χ2n) is 8.34. The molecule has 5 rings (SSSR count). The molecule has 1 saturated carbocycles. The second kappa shape index (κ2) is 7.36. The van der Waals surface area contributed by atoms with Crippen molar-refractivity contribution in [2.75, 3.05) is 18.8 Å². The first kappa shape index (κ1) is 17.9. The van der Waals surface area contributed by atoms with Crippen LogP contribution in [0.15, 0.2) is 5.03 Å². The number of carbonyl (C=O) groups is 1. The van der Waals surface area contributed by atoms with Gasteiger partial charge in [0, 0.05) is 23.4 Å². The van der Waals surface area contributed by atoms with Crippen molar-refractivity contribution in [1.82, 2.24) is 14.9 Å². The van der Waals surface area contributed by atoms with Crippen LogP contribution < -0.4 is 0 Å². The van der Waals surface area contributed by atoms with Crippen LogP contribution in [0, 0.1) is 18.8 Å². The van der Waals surface area contributed by atoms with Gasteiger partial charge in [0.25, 0.3) is 0 Å². The fourth-order valence-electron chi connectivity index (χ4n) is 5.22. The highest BCUT2D eigenvalue weighted by Gasteiger charge is 2.33. The number of piperidine rings is 1. The van der Waals surface area contributed by atoms with Gasteiger partial charge in [0.15, 0.2) is 0 Å². The van der Waals surface area contributed by atoms with Gasteiger partial charge in [-0.3, -0.25) is 4.79 Å². The zero-order chi connectivity index (χ0) is 18.4. The van der Waals surface area contributed by atoms with Gasteiger partial charge in [0.2, 0.25) is 5.91 Å². The fourth-order valence-corrected chi connectivity index (χ4v) is 7.59. The van der Waals surface area contributed by atoms with Crippen LogP contribution in [-0.4, -0.2) is 39.6 Å². The Morgan fingerprint density at radius 1 is 1.15 bits per heavy atom. The highest BCUT2D eigenvalue weighted by Crippen LogP contribution is 2.41. The molecule has 0 aromatic carbocycles. The lowest BCUT2D eigenvalue weighted by molar-refractivity contribution is -0.131. The Balaban J connectivity index is 1.31. The lowest BCUT2D eigenvalue weighted by Crippen LogP contribution is -2.45. The summed E-state index contributed by atoms with van der Waals surface area (Å²) in [5.74, 6) is 3.23. The van der Waals surface area contributed by atoms with Gasteiger partial charge in [0.1, 0.15) is 15.7 Å². The molecule has 3 heterocycles. The van der Waals surface area contributed by atoms with Crippen molar-refractivity contribution in [3.8, 4) is 0 Å². The average Bonchev–Trinajstić information content (AvgIpc) is 3.26. The molecule has 6 heteroatoms. The monoisotopic (exact) mass is 401 g/mol. The highest BCUT2D eigenvalue weighted by atomic mass is 32.2. The molecule has 0 spiro atoms. The number of hydrogen-bond acceptors (Lipinski definition) is 5. The molecule has 1 saturated heterocycles. The van der Waals surface area contributed by atoms with Crippen molar-refractivity contribution in [3.63, 3.8) is 0 Å². The van der Waals surface area contributed by atoms with E-state index in [0.29, 0.717) is 11.7 Å². The average molecular weight is 402 g/mol. The van der Waals surface area contributed by atoms with E-state index in [-0.39, 0.29) is 0 Å². The van der Waals surface area contributed by atoms with Crippen LogP contribution in [-0.2, 0) is 17.6 Å². The van der Waals surface area contributed by atoms with E-state index in [9.17, 15) is 4.79 Å². The van der Waals surface area contributed by atoms with Gasteiger partial charge < -0.3 is 4.90 Å². The zero-order valence-electron chi connectivity index (χ0n) is 16.0. The fraction of sp³-hybridized carbons (Fsp3) is 0.667. The number of aromatic nitrogens is 2. The molecule has 27 heavy (non-hydrogen) atoms. The molecule has 1 aliphatic heterocycles. The minimum Gasteiger partial charge on any atom is -0.342 e. The van der Waals surface area contributed by atoms with Crippen molar-refractivity contribution in [3.05, 3.63) is 16.3 Å². The molecular weight excluding hydrogens is 374 g/mol. The third kappa shape index (κ3) is 3.39. The molecule has 0 unspecified atom stereocenters. The molecular formula is C21H27N3OS2. The molecule has 0 bridgehead atoms. The van der Waals surface area contributed by atoms with Gasteiger partial charge in [-0.1, -0.05) is 31.0 Å². The Morgan fingerprint density at radius 2 is 2.00 bits per heavy atom. The van der Waals surface area contributed by atoms with Crippen molar-refractivity contribution < 1.29 is 4.79 Å². The van der Waals surface area contributed by atoms with Crippen LogP contribution in [0.1, 0.15) is 54.8 Å². The van der Waals surface area contributed by atoms with Crippen molar-refractivity contribution >= 4 is 39.2 Å². The van der Waals surface area contributed by atoms with Gasteiger partial charge in [0.05, 0.1) is 5.75 Å². The van der Waals surface area contributed by atoms with Crippen LogP contribution in [0.3, 0.4) is 0 Å². The smallest absolute Gasteiger partial charge is 0.232 e. The number of amides is 1. The molecule has 1 amide bonds. The number of likely N-dealkylation sites (tertiary alicyclic amines) is 1. The van der Waals surface area contributed by atoms with Crippen LogP contribution in [0.2, 0.25) is 0 Å². The first-order valence-corrected chi connectivity index (χ1v) is 12.2. The number of hydrogen-bond donors (Lipinski definition) is 0. The first-order chi connectivity index (χ1) is 13.2. The number of thioether (sulfide) groups is 1. The van der Waals surface area contributed by atoms with Gasteiger partial charge in [-0.15, -0.1) is 11.3 Å². The van der Waals surface area contributed by atoms with E-state index in [2.05, 4.69) is 9.88 Å². The number of nitrogens with zero attached hydrogens (tertiary/aromatic N) is 3. The minimum atomic E-state index is 0.292. The highest BCUT2D eigenvalue weighted by molar-refractivity contribution is 8.00. The quantitative estimate of drug-likeness (QED) is 0.556. The second-order valence-corrected chi connectivity index (χ2v) is 10.4. The summed E-state index contributed by atoms with van der Waals surface area (Å²) in [7, 11) is 0. The number of thiophene rings is 1. The molecule has 0 N–H and O–H groups in total. The van der Waals surface area contributed by atoms with Gasteiger partial charge in [-0.2, -0.15) is 0 Å². The maximum Gasteiger partial charge on any atom is 0.232 e. The number of rotatable bonds is 3. The predicted molar refractivity (Wildman–Crippen MR) is 112 cm³/mol. The van der Waals surface area contributed by atoms with Crippen molar-refractivity contribution in [2.45, 2.75) is 63.3 Å². The van der Waals surface area contributed by atoms with E-state index >= 15 is 0 Å². The van der Waals surface area contributed by atoms with Gasteiger partial charge >= 0.3 is 0 Å². The largest absolute Gasteiger partial charge is 0.342 e. The van der Waals surface area contributed by atoms with Crippen LogP contribution in [0.25, 0.3) is 10.2 Å². The number of carbonyl (C=O) groups excluding carboxylic acids is 1. The Kier molecular flexibility index (Phi) is 4.88. The third-order valence-corrected chi connectivity index (χ3v) is 8.77. The van der Waals surface area contributed by atoms with E-state index < -0.39 is 0 Å². The molecule has 0 radical (unpaired) electrons. The van der Waals surface area contributed by atoms with Gasteiger partial charge in [-0.25, -0.2) is 9.97 Å². The normalized spacial score (nSPS) is 24.9. The summed E-state index contributed by atoms with van der Waals surface area (Å²) < 4.78 is 0. The Bertz CT molecular complexity index is 878. The van der Waals surface area contributed by atoms with Crippen molar-refractivity contribution in [1.29, 1.82) is 0 Å². The topological polar surface area (TPSA) is 46.1 Å². The summed E-state index contributed by atoms with van der Waals surface area (Å²) in [6.07, 6.45) is 10.2. The molecule has 2 aliphatic carbocycles. The maximum atomic E-state index is 12.9. The molecule has 2 fully saturated rings. The molecule has 2 aromatic rings. The maximum absolute atomic E-state index is 12.9. The SMILES string of the molecule is Cc1nc(SCC(=O)N2CC[C@H]3CCCC[C@@H]3C2)c2c3c(sc2n1)CCC3. The summed E-state index contributed by atoms with van der Waals surface area (Å²) in [4.78, 5) is 27.0. The summed E-state index contributed by atoms with van der Waals surface area (Å²) in [5.41, 5.74) is 1.45. The van der Waals surface area contributed by atoms with E-state index in [4.69, 9.17) is 4.98 Å². The molecule has 3 aliphatic rings. The van der Waals surface area contributed by atoms with Crippen LogP contribution >= 0.6 is 23.1 Å². The molecule has 2 atom stereocenters. The Morgan fingerprint density at radius 3 is 2.89 bits per heavy atom. The number of aryl methyl sites for hydroxylation is 3. The molecule has 2 aromatic heterocycles. The van der Waals surface area contributed by atoms with E-state index in [0.717, 1.165) is 47.0 Å². The van der Waals surface area contributed by atoms with E-state index in [1.165, 1.54) is 60.8 Å². The van der Waals surface area contributed by atoms with E-state index in [1.807, 2.05) is 18.3 Å². The minimum absolute atomic E-state index is 0.292. The summed E-state index contributed by atoms with van der Waals surface area (Å²) in [5, 5.41) is 2.26. The van der Waals surface area contributed by atoms with Gasteiger partial charge in [-0.05, 0) is 56.4 Å². The number of fused-ring (bicyclic) bond motifs is 4. The summed E-state index contributed by atoms with van der Waals surface area (Å²) >= 11 is 3.46. The van der Waals surface area contributed by atoms with Crippen LogP contribution in [0.5, 0.6) is 0 Å².